The molecule has 0 aliphatic rings. The van der Waals surface area contributed by atoms with Crippen LogP contribution in [0.4, 0.5) is 0 Å². The number of carboxylic acids is 1. The Morgan fingerprint density at radius 1 is 1.33 bits per heavy atom. The van der Waals surface area contributed by atoms with E-state index in [0.717, 1.165) is 19.3 Å². The molecule has 1 atom stereocenters. The zero-order chi connectivity index (χ0) is 16.1. The Bertz CT molecular complexity index is 330. The third kappa shape index (κ3) is 13.3. The number of carboxylic acid groups (broad SMARTS) is 1. The van der Waals surface area contributed by atoms with Gasteiger partial charge in [-0.1, -0.05) is 19.1 Å². The lowest BCUT2D eigenvalue weighted by Gasteiger charge is -2.21. The summed E-state index contributed by atoms with van der Waals surface area (Å²) < 4.78 is 0. The molecule has 0 aliphatic carbocycles. The highest BCUT2D eigenvalue weighted by atomic mass is 16.4. The van der Waals surface area contributed by atoms with E-state index in [9.17, 15) is 14.7 Å². The molecule has 0 fully saturated rings. The lowest BCUT2D eigenvalue weighted by Crippen LogP contribution is -2.40. The smallest absolute Gasteiger partial charge is 0.317 e. The number of carbonyl (C=O) groups is 2. The lowest BCUT2D eigenvalue weighted by molar-refractivity contribution is -0.138. The van der Waals surface area contributed by atoms with Crippen LogP contribution in [0.5, 0.6) is 0 Å². The topological polar surface area (TPSA) is 89.9 Å². The maximum Gasteiger partial charge on any atom is 0.317 e. The van der Waals surface area contributed by atoms with Gasteiger partial charge < -0.3 is 15.5 Å². The Hall–Kier alpha value is -1.40. The van der Waals surface area contributed by atoms with Gasteiger partial charge in [-0.25, -0.2) is 0 Å². The molecule has 21 heavy (non-hydrogen) atoms. The van der Waals surface area contributed by atoms with E-state index < -0.39 is 12.1 Å². The molecule has 3 N–H and O–H groups in total. The van der Waals surface area contributed by atoms with Gasteiger partial charge in [0.15, 0.2) is 0 Å². The van der Waals surface area contributed by atoms with Crippen molar-refractivity contribution >= 4 is 11.9 Å². The molecule has 0 spiro atoms. The Balaban J connectivity index is 3.83. The van der Waals surface area contributed by atoms with Crippen molar-refractivity contribution in [2.75, 3.05) is 26.2 Å². The van der Waals surface area contributed by atoms with Crippen LogP contribution in [-0.4, -0.2) is 59.3 Å². The van der Waals surface area contributed by atoms with E-state index >= 15 is 0 Å². The predicted molar refractivity (Wildman–Crippen MR) is 82.0 cm³/mol. The van der Waals surface area contributed by atoms with Crippen molar-refractivity contribution < 1.29 is 19.8 Å². The van der Waals surface area contributed by atoms with Crippen LogP contribution in [0.15, 0.2) is 12.2 Å². The molecule has 122 valence electrons. The monoisotopic (exact) mass is 300 g/mol. The molecular weight excluding hydrogens is 272 g/mol. The summed E-state index contributed by atoms with van der Waals surface area (Å²) in [6.45, 7) is 4.63. The first-order chi connectivity index (χ1) is 9.95. The molecule has 0 heterocycles. The zero-order valence-corrected chi connectivity index (χ0v) is 13.0. The highest BCUT2D eigenvalue weighted by Crippen LogP contribution is 1.98. The summed E-state index contributed by atoms with van der Waals surface area (Å²) in [6, 6.07) is 0. The summed E-state index contributed by atoms with van der Waals surface area (Å²) in [7, 11) is 0. The standard InChI is InChI=1S/C15H28N2O4/c1-3-4-5-6-7-8-14(19)16-9-10-17(11-13(2)18)12-15(20)21/h4-5,13,18H,3,6-12H2,1-2H3,(H,16,19)(H,20,21)/b5-4+. The zero-order valence-electron chi connectivity index (χ0n) is 13.0. The first kappa shape index (κ1) is 19.6. The van der Waals surface area contributed by atoms with Gasteiger partial charge in [0.1, 0.15) is 0 Å². The van der Waals surface area contributed by atoms with Gasteiger partial charge in [-0.3, -0.25) is 14.5 Å². The Labute approximate surface area is 126 Å². The number of rotatable bonds is 12. The number of amides is 1. The molecule has 0 aliphatic heterocycles. The first-order valence-corrected chi connectivity index (χ1v) is 7.49. The number of allylic oxidation sites excluding steroid dienone is 2. The van der Waals surface area contributed by atoms with Gasteiger partial charge in [0.2, 0.25) is 5.91 Å². The molecule has 0 rings (SSSR count). The summed E-state index contributed by atoms with van der Waals surface area (Å²) in [5, 5.41) is 20.8. The quantitative estimate of drug-likeness (QED) is 0.370. The molecule has 0 aromatic heterocycles. The van der Waals surface area contributed by atoms with E-state index in [0.29, 0.717) is 19.5 Å². The SMILES string of the molecule is CC/C=C/CCCC(=O)NCCN(CC(=O)O)CC(C)O. The van der Waals surface area contributed by atoms with E-state index in [2.05, 4.69) is 24.4 Å². The first-order valence-electron chi connectivity index (χ1n) is 7.49. The Morgan fingerprint density at radius 2 is 2.05 bits per heavy atom. The third-order valence-corrected chi connectivity index (χ3v) is 2.81. The van der Waals surface area contributed by atoms with Crippen LogP contribution in [-0.2, 0) is 9.59 Å². The average molecular weight is 300 g/mol. The highest BCUT2D eigenvalue weighted by molar-refractivity contribution is 5.75. The van der Waals surface area contributed by atoms with Crippen LogP contribution in [0.1, 0.15) is 39.5 Å². The maximum atomic E-state index is 11.6. The van der Waals surface area contributed by atoms with Crippen molar-refractivity contribution in [1.82, 2.24) is 10.2 Å². The van der Waals surface area contributed by atoms with Crippen LogP contribution >= 0.6 is 0 Å². The summed E-state index contributed by atoms with van der Waals surface area (Å²) >= 11 is 0. The fourth-order valence-electron chi connectivity index (χ4n) is 1.91. The fraction of sp³-hybridized carbons (Fsp3) is 0.733. The normalized spacial score (nSPS) is 12.8. The van der Waals surface area contributed by atoms with Crippen LogP contribution in [0.25, 0.3) is 0 Å². The second-order valence-electron chi connectivity index (χ2n) is 5.10. The number of hydrogen-bond donors (Lipinski definition) is 3. The van der Waals surface area contributed by atoms with Crippen molar-refractivity contribution in [1.29, 1.82) is 0 Å². The molecule has 0 saturated carbocycles. The highest BCUT2D eigenvalue weighted by Gasteiger charge is 2.12. The third-order valence-electron chi connectivity index (χ3n) is 2.81. The maximum absolute atomic E-state index is 11.6. The molecule has 0 saturated heterocycles. The van der Waals surface area contributed by atoms with Crippen LogP contribution in [0.2, 0.25) is 0 Å². The summed E-state index contributed by atoms with van der Waals surface area (Å²) in [5.74, 6) is -0.961. The number of hydrogen-bond acceptors (Lipinski definition) is 4. The largest absolute Gasteiger partial charge is 0.480 e. The van der Waals surface area contributed by atoms with Crippen molar-refractivity contribution in [2.45, 2.75) is 45.6 Å². The summed E-state index contributed by atoms with van der Waals surface area (Å²) in [6.07, 6.45) is 6.76. The molecule has 1 unspecified atom stereocenters. The number of carbonyl (C=O) groups excluding carboxylic acids is 1. The molecule has 0 bridgehead atoms. The number of aliphatic hydroxyl groups excluding tert-OH is 1. The van der Waals surface area contributed by atoms with E-state index in [1.165, 1.54) is 0 Å². The number of nitrogens with one attached hydrogen (secondary N) is 1. The van der Waals surface area contributed by atoms with Crippen LogP contribution < -0.4 is 5.32 Å². The number of aliphatic hydroxyl groups is 1. The molecule has 0 radical (unpaired) electrons. The van der Waals surface area contributed by atoms with E-state index in [-0.39, 0.29) is 19.0 Å². The van der Waals surface area contributed by atoms with Gasteiger partial charge in [-0.15, -0.1) is 0 Å². The number of aliphatic carboxylic acids is 1. The van der Waals surface area contributed by atoms with Gasteiger partial charge in [0, 0.05) is 26.1 Å². The van der Waals surface area contributed by atoms with E-state index in [4.69, 9.17) is 5.11 Å². The minimum Gasteiger partial charge on any atom is -0.480 e. The molecule has 0 aromatic rings. The van der Waals surface area contributed by atoms with Crippen molar-refractivity contribution in [3.63, 3.8) is 0 Å². The predicted octanol–water partition coefficient (Wildman–Crippen LogP) is 1.01. The van der Waals surface area contributed by atoms with Crippen molar-refractivity contribution in [2.24, 2.45) is 0 Å². The fourth-order valence-corrected chi connectivity index (χ4v) is 1.91. The molecule has 0 aromatic carbocycles. The van der Waals surface area contributed by atoms with E-state index in [1.54, 1.807) is 11.8 Å². The average Bonchev–Trinajstić information content (AvgIpc) is 2.37. The van der Waals surface area contributed by atoms with E-state index in [1.807, 2.05) is 0 Å². The van der Waals surface area contributed by atoms with Gasteiger partial charge in [0.25, 0.3) is 0 Å². The second-order valence-corrected chi connectivity index (χ2v) is 5.10. The Morgan fingerprint density at radius 3 is 2.62 bits per heavy atom. The van der Waals surface area contributed by atoms with Crippen LogP contribution in [0, 0.1) is 0 Å². The molecule has 6 nitrogen and oxygen atoms in total. The molecule has 1 amide bonds. The van der Waals surface area contributed by atoms with Gasteiger partial charge >= 0.3 is 5.97 Å². The molecule has 6 heteroatoms. The van der Waals surface area contributed by atoms with Crippen molar-refractivity contribution in [3.05, 3.63) is 12.2 Å². The molecular formula is C15H28N2O4. The minimum absolute atomic E-state index is 0.0211. The van der Waals surface area contributed by atoms with Crippen molar-refractivity contribution in [3.8, 4) is 0 Å². The Kier molecular flexibility index (Phi) is 11.5. The number of unbranched alkanes of at least 4 members (excludes halogenated alkanes) is 1. The van der Waals surface area contributed by atoms with Gasteiger partial charge in [-0.05, 0) is 26.2 Å². The lowest BCUT2D eigenvalue weighted by atomic mass is 10.2. The summed E-state index contributed by atoms with van der Waals surface area (Å²) in [4.78, 5) is 23.9. The van der Waals surface area contributed by atoms with Crippen LogP contribution in [0.3, 0.4) is 0 Å². The summed E-state index contributed by atoms with van der Waals surface area (Å²) in [5.41, 5.74) is 0. The van der Waals surface area contributed by atoms with Gasteiger partial charge in [-0.2, -0.15) is 0 Å². The number of nitrogens with zero attached hydrogens (tertiary/aromatic N) is 1. The minimum atomic E-state index is -0.940. The van der Waals surface area contributed by atoms with Gasteiger partial charge in [0.05, 0.1) is 12.6 Å². The second kappa shape index (κ2) is 12.3.